The van der Waals surface area contributed by atoms with Crippen LogP contribution in [0.15, 0.2) is 29.4 Å². The van der Waals surface area contributed by atoms with Gasteiger partial charge in [-0.3, -0.25) is 10.2 Å². The van der Waals surface area contributed by atoms with E-state index in [1.807, 2.05) is 0 Å². The Morgan fingerprint density at radius 2 is 2.11 bits per heavy atom. The minimum Gasteiger partial charge on any atom is -0.390 e. The SMILES string of the molecule is O=CC(=O)O/C(Cl)=N/Nc1cccc(C(F)(F)F)c1. The maximum Gasteiger partial charge on any atom is 0.416 e. The Morgan fingerprint density at radius 1 is 1.42 bits per heavy atom. The number of nitrogens with zero attached hydrogens (tertiary/aromatic N) is 1. The molecule has 9 heteroatoms. The van der Waals surface area contributed by atoms with Gasteiger partial charge in [-0.05, 0) is 29.8 Å². The number of anilines is 1. The molecule has 1 aromatic rings. The molecule has 1 rings (SSSR count). The minimum atomic E-state index is -4.49. The molecular formula is C10H6ClF3N2O3. The van der Waals surface area contributed by atoms with Crippen molar-refractivity contribution in [2.45, 2.75) is 6.18 Å². The second kappa shape index (κ2) is 6.19. The number of esters is 1. The van der Waals surface area contributed by atoms with Crippen LogP contribution in [0.2, 0.25) is 0 Å². The summed E-state index contributed by atoms with van der Waals surface area (Å²) in [4.78, 5) is 20.4. The fraction of sp³-hybridized carbons (Fsp3) is 0.100. The number of benzene rings is 1. The molecular weight excluding hydrogens is 289 g/mol. The molecule has 0 unspecified atom stereocenters. The standard InChI is InChI=1S/C10H6ClF3N2O3/c11-9(19-8(18)5-17)16-15-7-3-1-2-6(4-7)10(12,13)14/h1-5,15H/b16-9+. The van der Waals surface area contributed by atoms with E-state index >= 15 is 0 Å². The van der Waals surface area contributed by atoms with Crippen molar-refractivity contribution < 1.29 is 27.5 Å². The molecule has 0 saturated heterocycles. The first-order chi connectivity index (χ1) is 8.82. The fourth-order valence-corrected chi connectivity index (χ4v) is 1.12. The van der Waals surface area contributed by atoms with Gasteiger partial charge in [-0.15, -0.1) is 5.10 Å². The lowest BCUT2D eigenvalue weighted by Crippen LogP contribution is -2.10. The van der Waals surface area contributed by atoms with Crippen molar-refractivity contribution in [3.05, 3.63) is 29.8 Å². The first kappa shape index (κ1) is 15.0. The molecule has 19 heavy (non-hydrogen) atoms. The Balaban J connectivity index is 2.75. The Kier molecular flexibility index (Phi) is 4.87. The number of hydrogen-bond acceptors (Lipinski definition) is 5. The molecule has 102 valence electrons. The Labute approximate surface area is 110 Å². The smallest absolute Gasteiger partial charge is 0.390 e. The molecule has 5 nitrogen and oxygen atoms in total. The summed E-state index contributed by atoms with van der Waals surface area (Å²) in [6, 6.07) is 4.12. The Bertz CT molecular complexity index is 517. The summed E-state index contributed by atoms with van der Waals surface area (Å²) in [7, 11) is 0. The van der Waals surface area contributed by atoms with E-state index in [4.69, 9.17) is 11.6 Å². The number of rotatable bonds is 3. The van der Waals surface area contributed by atoms with Gasteiger partial charge in [-0.25, -0.2) is 4.79 Å². The predicted molar refractivity (Wildman–Crippen MR) is 60.5 cm³/mol. The van der Waals surface area contributed by atoms with Crippen molar-refractivity contribution in [3.8, 4) is 0 Å². The van der Waals surface area contributed by atoms with Gasteiger partial charge in [0.1, 0.15) is 0 Å². The number of aldehydes is 1. The lowest BCUT2D eigenvalue weighted by atomic mass is 10.2. The van der Waals surface area contributed by atoms with Gasteiger partial charge in [0.15, 0.2) is 0 Å². The van der Waals surface area contributed by atoms with Crippen molar-refractivity contribution in [2.24, 2.45) is 5.10 Å². The van der Waals surface area contributed by atoms with Crippen molar-refractivity contribution in [1.29, 1.82) is 0 Å². The van der Waals surface area contributed by atoms with Gasteiger partial charge >= 0.3 is 17.5 Å². The molecule has 0 amide bonds. The molecule has 1 N–H and O–H groups in total. The van der Waals surface area contributed by atoms with Crippen molar-refractivity contribution in [1.82, 2.24) is 0 Å². The van der Waals surface area contributed by atoms with Crippen molar-refractivity contribution in [3.63, 3.8) is 0 Å². The quantitative estimate of drug-likeness (QED) is 0.232. The molecule has 0 heterocycles. The second-order valence-electron chi connectivity index (χ2n) is 3.09. The van der Waals surface area contributed by atoms with Gasteiger partial charge in [0.2, 0.25) is 6.29 Å². The van der Waals surface area contributed by atoms with Crippen LogP contribution >= 0.6 is 11.6 Å². The maximum atomic E-state index is 12.4. The predicted octanol–water partition coefficient (Wildman–Crippen LogP) is 2.37. The third kappa shape index (κ3) is 4.96. The van der Waals surface area contributed by atoms with E-state index in [-0.39, 0.29) is 12.0 Å². The lowest BCUT2D eigenvalue weighted by molar-refractivity contribution is -0.142. The molecule has 0 bridgehead atoms. The summed E-state index contributed by atoms with van der Waals surface area (Å²) in [6.07, 6.45) is -4.63. The first-order valence-electron chi connectivity index (χ1n) is 4.66. The largest absolute Gasteiger partial charge is 0.416 e. The summed E-state index contributed by atoms with van der Waals surface area (Å²) in [5, 5.41) is 2.54. The van der Waals surface area contributed by atoms with Crippen LogP contribution in [-0.4, -0.2) is 17.6 Å². The molecule has 0 aliphatic heterocycles. The number of halogens is 4. The van der Waals surface area contributed by atoms with E-state index < -0.39 is 23.1 Å². The van der Waals surface area contributed by atoms with E-state index in [1.165, 1.54) is 6.07 Å². The van der Waals surface area contributed by atoms with Crippen LogP contribution in [0.5, 0.6) is 0 Å². The first-order valence-corrected chi connectivity index (χ1v) is 5.04. The monoisotopic (exact) mass is 294 g/mol. The van der Waals surface area contributed by atoms with Crippen LogP contribution in [0.25, 0.3) is 0 Å². The van der Waals surface area contributed by atoms with Gasteiger partial charge < -0.3 is 4.74 Å². The number of alkyl halides is 3. The molecule has 1 aromatic carbocycles. The van der Waals surface area contributed by atoms with Crippen LogP contribution in [0.4, 0.5) is 18.9 Å². The van der Waals surface area contributed by atoms with Crippen LogP contribution in [0.3, 0.4) is 0 Å². The van der Waals surface area contributed by atoms with Gasteiger partial charge in [0, 0.05) is 0 Å². The number of ether oxygens (including phenoxy) is 1. The van der Waals surface area contributed by atoms with Gasteiger partial charge in [-0.2, -0.15) is 13.2 Å². The Hall–Kier alpha value is -2.09. The Morgan fingerprint density at radius 3 is 2.68 bits per heavy atom. The molecule has 0 radical (unpaired) electrons. The molecule has 0 aliphatic carbocycles. The van der Waals surface area contributed by atoms with E-state index in [1.54, 1.807) is 0 Å². The average molecular weight is 295 g/mol. The number of carbonyl (C=O) groups excluding carboxylic acids is 2. The highest BCUT2D eigenvalue weighted by molar-refractivity contribution is 6.64. The topological polar surface area (TPSA) is 67.8 Å². The molecule has 0 aromatic heterocycles. The number of hydrogen-bond donors (Lipinski definition) is 1. The number of nitrogens with one attached hydrogen (secondary N) is 1. The van der Waals surface area contributed by atoms with Gasteiger partial charge in [-0.1, -0.05) is 6.07 Å². The summed E-state index contributed by atoms with van der Waals surface area (Å²) in [5.41, 5.74) is 1.25. The van der Waals surface area contributed by atoms with E-state index in [0.29, 0.717) is 0 Å². The lowest BCUT2D eigenvalue weighted by Gasteiger charge is -2.08. The summed E-state index contributed by atoms with van der Waals surface area (Å²) in [6.45, 7) is 0. The molecule has 0 atom stereocenters. The van der Waals surface area contributed by atoms with E-state index in [9.17, 15) is 22.8 Å². The normalized spacial score (nSPS) is 11.9. The highest BCUT2D eigenvalue weighted by Gasteiger charge is 2.30. The summed E-state index contributed by atoms with van der Waals surface area (Å²) < 4.78 is 41.3. The molecule has 0 aliphatic rings. The highest BCUT2D eigenvalue weighted by Crippen LogP contribution is 2.30. The summed E-state index contributed by atoms with van der Waals surface area (Å²) >= 11 is 5.30. The van der Waals surface area contributed by atoms with Crippen LogP contribution < -0.4 is 5.43 Å². The maximum absolute atomic E-state index is 12.4. The van der Waals surface area contributed by atoms with E-state index in [2.05, 4.69) is 15.3 Å². The second-order valence-corrected chi connectivity index (χ2v) is 3.42. The third-order valence-electron chi connectivity index (χ3n) is 1.74. The zero-order valence-electron chi connectivity index (χ0n) is 9.07. The average Bonchev–Trinajstić information content (AvgIpc) is 2.35. The highest BCUT2D eigenvalue weighted by atomic mass is 35.5. The molecule has 0 saturated carbocycles. The summed E-state index contributed by atoms with van der Waals surface area (Å²) in [5.74, 6) is -1.28. The van der Waals surface area contributed by atoms with Crippen molar-refractivity contribution >= 4 is 34.9 Å². The van der Waals surface area contributed by atoms with Crippen LogP contribution in [0.1, 0.15) is 5.56 Å². The number of carbonyl (C=O) groups is 2. The molecule has 0 fully saturated rings. The van der Waals surface area contributed by atoms with Gasteiger partial charge in [0.05, 0.1) is 11.3 Å². The van der Waals surface area contributed by atoms with Gasteiger partial charge in [0.25, 0.3) is 0 Å². The zero-order valence-corrected chi connectivity index (χ0v) is 9.83. The zero-order chi connectivity index (χ0) is 14.5. The van der Waals surface area contributed by atoms with Crippen LogP contribution in [-0.2, 0) is 20.5 Å². The molecule has 0 spiro atoms. The fourth-order valence-electron chi connectivity index (χ4n) is 1.00. The number of hydrazone groups is 1. The van der Waals surface area contributed by atoms with E-state index in [0.717, 1.165) is 18.2 Å². The van der Waals surface area contributed by atoms with Crippen molar-refractivity contribution in [2.75, 3.05) is 5.43 Å². The van der Waals surface area contributed by atoms with Crippen LogP contribution in [0, 0.1) is 0 Å². The minimum absolute atomic E-state index is 0.0184. The third-order valence-corrected chi connectivity index (χ3v) is 1.91.